The Bertz CT molecular complexity index is 596. The highest BCUT2D eigenvalue weighted by molar-refractivity contribution is 9.10. The number of hydrogen-bond donors (Lipinski definition) is 2. The molecule has 2 aromatic rings. The van der Waals surface area contributed by atoms with E-state index in [1.807, 2.05) is 43.3 Å². The van der Waals surface area contributed by atoms with E-state index in [0.717, 1.165) is 23.1 Å². The molecule has 0 atom stereocenters. The number of rotatable bonds is 6. The van der Waals surface area contributed by atoms with Crippen LogP contribution >= 0.6 is 15.9 Å². The van der Waals surface area contributed by atoms with E-state index in [0.29, 0.717) is 12.1 Å². The molecule has 4 heteroatoms. The van der Waals surface area contributed by atoms with Crippen molar-refractivity contribution in [3.05, 3.63) is 64.1 Å². The molecule has 3 nitrogen and oxygen atoms in total. The quantitative estimate of drug-likeness (QED) is 0.822. The van der Waals surface area contributed by atoms with Crippen LogP contribution in [0.15, 0.2) is 53.0 Å². The molecular formula is C17H19BrN2O. The summed E-state index contributed by atoms with van der Waals surface area (Å²) >= 11 is 3.42. The number of carbonyl (C=O) groups is 1. The van der Waals surface area contributed by atoms with Gasteiger partial charge in [-0.25, -0.2) is 0 Å². The molecule has 0 bridgehead atoms. The van der Waals surface area contributed by atoms with Crippen molar-refractivity contribution in [3.63, 3.8) is 0 Å². The molecular weight excluding hydrogens is 328 g/mol. The monoisotopic (exact) mass is 346 g/mol. The van der Waals surface area contributed by atoms with E-state index in [2.05, 4.69) is 38.7 Å². The highest BCUT2D eigenvalue weighted by atomic mass is 79.9. The van der Waals surface area contributed by atoms with Crippen molar-refractivity contribution >= 4 is 27.5 Å². The molecule has 0 aliphatic heterocycles. The Kier molecular flexibility index (Phi) is 5.81. The van der Waals surface area contributed by atoms with Gasteiger partial charge in [-0.15, -0.1) is 0 Å². The fourth-order valence-corrected chi connectivity index (χ4v) is 2.18. The molecule has 110 valence electrons. The maximum atomic E-state index is 11.9. The van der Waals surface area contributed by atoms with Gasteiger partial charge in [0.05, 0.1) is 0 Å². The number of halogens is 1. The first-order chi connectivity index (χ1) is 10.2. The van der Waals surface area contributed by atoms with Gasteiger partial charge in [0, 0.05) is 28.8 Å². The Morgan fingerprint density at radius 3 is 2.62 bits per heavy atom. The van der Waals surface area contributed by atoms with Crippen molar-refractivity contribution in [1.29, 1.82) is 0 Å². The van der Waals surface area contributed by atoms with E-state index in [1.54, 1.807) is 0 Å². The van der Waals surface area contributed by atoms with Crippen LogP contribution in [-0.2, 0) is 6.54 Å². The molecule has 0 saturated heterocycles. The molecule has 0 fully saturated rings. The van der Waals surface area contributed by atoms with E-state index in [-0.39, 0.29) is 5.91 Å². The molecule has 21 heavy (non-hydrogen) atoms. The van der Waals surface area contributed by atoms with Gasteiger partial charge in [-0.2, -0.15) is 0 Å². The van der Waals surface area contributed by atoms with Crippen LogP contribution < -0.4 is 10.6 Å². The average molecular weight is 347 g/mol. The van der Waals surface area contributed by atoms with Crippen molar-refractivity contribution in [2.45, 2.75) is 19.9 Å². The highest BCUT2D eigenvalue weighted by Crippen LogP contribution is 2.14. The number of hydrogen-bond acceptors (Lipinski definition) is 2. The molecule has 0 unspecified atom stereocenters. The summed E-state index contributed by atoms with van der Waals surface area (Å²) in [5, 5.41) is 6.22. The first-order valence-electron chi connectivity index (χ1n) is 7.05. The summed E-state index contributed by atoms with van der Waals surface area (Å²) in [7, 11) is 0. The number of carbonyl (C=O) groups excluding carboxylic acids is 1. The number of nitrogens with one attached hydrogen (secondary N) is 2. The second kappa shape index (κ2) is 7.84. The standard InChI is InChI=1S/C17H19BrN2O/c1-2-10-19-17(21)14-4-3-5-16(11-14)20-12-13-6-8-15(18)9-7-13/h3-9,11,20H,2,10,12H2,1H3,(H,19,21). The Hall–Kier alpha value is -1.81. The van der Waals surface area contributed by atoms with Crippen LogP contribution in [0.4, 0.5) is 5.69 Å². The topological polar surface area (TPSA) is 41.1 Å². The van der Waals surface area contributed by atoms with E-state index >= 15 is 0 Å². The fourth-order valence-electron chi connectivity index (χ4n) is 1.92. The van der Waals surface area contributed by atoms with Crippen LogP contribution in [0.2, 0.25) is 0 Å². The molecule has 2 aromatic carbocycles. The van der Waals surface area contributed by atoms with Crippen molar-refractivity contribution in [3.8, 4) is 0 Å². The summed E-state index contributed by atoms with van der Waals surface area (Å²) < 4.78 is 1.07. The summed E-state index contributed by atoms with van der Waals surface area (Å²) in [5.74, 6) is -0.0239. The maximum absolute atomic E-state index is 11.9. The maximum Gasteiger partial charge on any atom is 0.251 e. The van der Waals surface area contributed by atoms with Crippen molar-refractivity contribution in [2.75, 3.05) is 11.9 Å². The minimum atomic E-state index is -0.0239. The molecule has 1 amide bonds. The minimum absolute atomic E-state index is 0.0239. The molecule has 2 rings (SSSR count). The SMILES string of the molecule is CCCNC(=O)c1cccc(NCc2ccc(Br)cc2)c1. The molecule has 0 radical (unpaired) electrons. The Balaban J connectivity index is 1.97. The van der Waals surface area contributed by atoms with Crippen LogP contribution in [0.1, 0.15) is 29.3 Å². The van der Waals surface area contributed by atoms with Gasteiger partial charge < -0.3 is 10.6 Å². The molecule has 2 N–H and O–H groups in total. The van der Waals surface area contributed by atoms with Crippen LogP contribution in [0.5, 0.6) is 0 Å². The molecule has 0 aliphatic rings. The van der Waals surface area contributed by atoms with Crippen molar-refractivity contribution < 1.29 is 4.79 Å². The van der Waals surface area contributed by atoms with Gasteiger partial charge in [-0.1, -0.05) is 41.1 Å². The third-order valence-corrected chi connectivity index (χ3v) is 3.60. The number of anilines is 1. The van der Waals surface area contributed by atoms with Crippen LogP contribution in [0, 0.1) is 0 Å². The molecule has 0 saturated carbocycles. The van der Waals surface area contributed by atoms with Gasteiger partial charge in [0.25, 0.3) is 5.91 Å². The highest BCUT2D eigenvalue weighted by Gasteiger charge is 2.05. The summed E-state index contributed by atoms with van der Waals surface area (Å²) in [6.45, 7) is 3.47. The predicted molar refractivity (Wildman–Crippen MR) is 90.5 cm³/mol. The van der Waals surface area contributed by atoms with Gasteiger partial charge in [0.2, 0.25) is 0 Å². The van der Waals surface area contributed by atoms with E-state index in [9.17, 15) is 4.79 Å². The third-order valence-electron chi connectivity index (χ3n) is 3.07. The van der Waals surface area contributed by atoms with Gasteiger partial charge >= 0.3 is 0 Å². The Labute approximate surface area is 133 Å². The van der Waals surface area contributed by atoms with E-state index in [1.165, 1.54) is 5.56 Å². The summed E-state index contributed by atoms with van der Waals surface area (Å²) in [6.07, 6.45) is 0.938. The van der Waals surface area contributed by atoms with E-state index in [4.69, 9.17) is 0 Å². The zero-order valence-electron chi connectivity index (χ0n) is 12.0. The predicted octanol–water partition coefficient (Wildman–Crippen LogP) is 4.20. The summed E-state index contributed by atoms with van der Waals surface area (Å²) in [4.78, 5) is 11.9. The lowest BCUT2D eigenvalue weighted by atomic mass is 10.1. The van der Waals surface area contributed by atoms with Crippen molar-refractivity contribution in [2.24, 2.45) is 0 Å². The van der Waals surface area contributed by atoms with Crippen molar-refractivity contribution in [1.82, 2.24) is 5.32 Å². The fraction of sp³-hybridized carbons (Fsp3) is 0.235. The normalized spacial score (nSPS) is 10.2. The minimum Gasteiger partial charge on any atom is -0.381 e. The van der Waals surface area contributed by atoms with Crippen LogP contribution in [0.25, 0.3) is 0 Å². The summed E-state index contributed by atoms with van der Waals surface area (Å²) in [6, 6.07) is 15.7. The van der Waals surface area contributed by atoms with Gasteiger partial charge in [-0.3, -0.25) is 4.79 Å². The first-order valence-corrected chi connectivity index (χ1v) is 7.85. The van der Waals surface area contributed by atoms with Gasteiger partial charge in [0.1, 0.15) is 0 Å². The average Bonchev–Trinajstić information content (AvgIpc) is 2.52. The lowest BCUT2D eigenvalue weighted by molar-refractivity contribution is 0.0953. The largest absolute Gasteiger partial charge is 0.381 e. The molecule has 0 aliphatic carbocycles. The Morgan fingerprint density at radius 2 is 1.90 bits per heavy atom. The number of amides is 1. The third kappa shape index (κ3) is 4.90. The summed E-state index contributed by atoms with van der Waals surface area (Å²) in [5.41, 5.74) is 2.82. The smallest absolute Gasteiger partial charge is 0.251 e. The second-order valence-corrected chi connectivity index (χ2v) is 5.73. The van der Waals surface area contributed by atoms with Gasteiger partial charge in [-0.05, 0) is 42.3 Å². The van der Waals surface area contributed by atoms with Gasteiger partial charge in [0.15, 0.2) is 0 Å². The molecule has 0 spiro atoms. The van der Waals surface area contributed by atoms with Crippen LogP contribution in [0.3, 0.4) is 0 Å². The lowest BCUT2D eigenvalue weighted by Crippen LogP contribution is -2.23. The first kappa shape index (κ1) is 15.6. The number of benzene rings is 2. The Morgan fingerprint density at radius 1 is 1.14 bits per heavy atom. The zero-order chi connectivity index (χ0) is 15.1. The second-order valence-electron chi connectivity index (χ2n) is 4.82. The lowest BCUT2D eigenvalue weighted by Gasteiger charge is -2.09. The molecule has 0 aromatic heterocycles. The van der Waals surface area contributed by atoms with E-state index < -0.39 is 0 Å². The van der Waals surface area contributed by atoms with Crippen LogP contribution in [-0.4, -0.2) is 12.5 Å². The molecule has 0 heterocycles. The zero-order valence-corrected chi connectivity index (χ0v) is 13.6.